The van der Waals surface area contributed by atoms with Gasteiger partial charge in [-0.2, -0.15) is 0 Å². The number of thioether (sulfide) groups is 1. The van der Waals surface area contributed by atoms with Crippen LogP contribution in [-0.2, 0) is 11.2 Å². The molecular weight excluding hydrogens is 369 g/mol. The van der Waals surface area contributed by atoms with Gasteiger partial charge in [0.1, 0.15) is 11.6 Å². The lowest BCUT2D eigenvalue weighted by atomic mass is 10.1. The minimum absolute atomic E-state index is 0.0835. The first-order valence-electron chi connectivity index (χ1n) is 8.18. The molecule has 1 heterocycles. The normalized spacial score (nSPS) is 10.6. The van der Waals surface area contributed by atoms with Gasteiger partial charge in [-0.05, 0) is 36.8 Å². The smallest absolute Gasteiger partial charge is 0.277 e. The van der Waals surface area contributed by atoms with Gasteiger partial charge < -0.3 is 14.5 Å². The minimum atomic E-state index is -0.361. The molecule has 0 saturated heterocycles. The van der Waals surface area contributed by atoms with E-state index in [1.54, 1.807) is 26.2 Å². The Morgan fingerprint density at radius 3 is 2.74 bits per heavy atom. The Balaban J connectivity index is 1.52. The predicted octanol–water partition coefficient (Wildman–Crippen LogP) is 3.85. The van der Waals surface area contributed by atoms with E-state index in [2.05, 4.69) is 15.5 Å². The van der Waals surface area contributed by atoms with Gasteiger partial charge in [0.2, 0.25) is 11.8 Å². The van der Waals surface area contributed by atoms with E-state index < -0.39 is 0 Å². The van der Waals surface area contributed by atoms with E-state index in [0.717, 1.165) is 23.1 Å². The van der Waals surface area contributed by atoms with Crippen molar-refractivity contribution in [2.24, 2.45) is 0 Å². The average molecular weight is 387 g/mol. The molecule has 3 rings (SSSR count). The van der Waals surface area contributed by atoms with E-state index in [-0.39, 0.29) is 17.5 Å². The van der Waals surface area contributed by atoms with E-state index >= 15 is 0 Å². The highest BCUT2D eigenvalue weighted by molar-refractivity contribution is 7.99. The lowest BCUT2D eigenvalue weighted by molar-refractivity contribution is -0.113. The molecule has 2 aromatic carbocycles. The highest BCUT2D eigenvalue weighted by Crippen LogP contribution is 2.21. The van der Waals surface area contributed by atoms with Crippen molar-refractivity contribution >= 4 is 23.4 Å². The molecule has 0 spiro atoms. The van der Waals surface area contributed by atoms with Crippen molar-refractivity contribution in [1.82, 2.24) is 10.2 Å². The van der Waals surface area contributed by atoms with Crippen molar-refractivity contribution in [3.05, 3.63) is 65.3 Å². The number of nitrogens with zero attached hydrogens (tertiary/aromatic N) is 2. The van der Waals surface area contributed by atoms with Gasteiger partial charge in [0.15, 0.2) is 0 Å². The number of aromatic nitrogens is 2. The molecule has 0 fully saturated rings. The molecule has 6 nitrogen and oxygen atoms in total. The zero-order chi connectivity index (χ0) is 19.2. The first-order valence-corrected chi connectivity index (χ1v) is 9.17. The third-order valence-electron chi connectivity index (χ3n) is 3.83. The van der Waals surface area contributed by atoms with Crippen molar-refractivity contribution in [3.63, 3.8) is 0 Å². The Morgan fingerprint density at radius 2 is 2.00 bits per heavy atom. The summed E-state index contributed by atoms with van der Waals surface area (Å²) >= 11 is 1.13. The Morgan fingerprint density at radius 1 is 1.22 bits per heavy atom. The second-order valence-corrected chi connectivity index (χ2v) is 6.66. The Labute approximate surface area is 160 Å². The van der Waals surface area contributed by atoms with Crippen LogP contribution in [0.1, 0.15) is 17.0 Å². The van der Waals surface area contributed by atoms with Crippen molar-refractivity contribution in [3.8, 4) is 5.75 Å². The summed E-state index contributed by atoms with van der Waals surface area (Å²) < 4.78 is 24.2. The number of rotatable bonds is 7. The highest BCUT2D eigenvalue weighted by atomic mass is 32.2. The van der Waals surface area contributed by atoms with Gasteiger partial charge in [-0.15, -0.1) is 10.2 Å². The number of carbonyl (C=O) groups is 1. The summed E-state index contributed by atoms with van der Waals surface area (Å²) in [4.78, 5) is 12.1. The van der Waals surface area contributed by atoms with Crippen molar-refractivity contribution in [1.29, 1.82) is 0 Å². The summed E-state index contributed by atoms with van der Waals surface area (Å²) in [6.45, 7) is 1.61. The number of anilines is 1. The van der Waals surface area contributed by atoms with Gasteiger partial charge in [0.05, 0.1) is 19.3 Å². The predicted molar refractivity (Wildman–Crippen MR) is 101 cm³/mol. The highest BCUT2D eigenvalue weighted by Gasteiger charge is 2.12. The molecule has 1 aromatic heterocycles. The fourth-order valence-corrected chi connectivity index (χ4v) is 2.92. The molecule has 1 N–H and O–H groups in total. The molecule has 1 amide bonds. The van der Waals surface area contributed by atoms with Gasteiger partial charge in [0.25, 0.3) is 5.22 Å². The first-order chi connectivity index (χ1) is 13.0. The van der Waals surface area contributed by atoms with Crippen LogP contribution in [0, 0.1) is 12.7 Å². The van der Waals surface area contributed by atoms with Crippen LogP contribution in [0.5, 0.6) is 5.75 Å². The molecule has 140 valence electrons. The Kier molecular flexibility index (Phi) is 6.08. The van der Waals surface area contributed by atoms with Gasteiger partial charge in [0, 0.05) is 11.3 Å². The van der Waals surface area contributed by atoms with E-state index in [4.69, 9.17) is 9.15 Å². The third-order valence-corrected chi connectivity index (χ3v) is 4.65. The van der Waals surface area contributed by atoms with Crippen LogP contribution in [-0.4, -0.2) is 29.0 Å². The standard InChI is InChI=1S/C19H18FN3O3S/c1-12-15(20)4-3-5-16(12)21-17(24)11-27-19-23-22-18(26-19)10-13-6-8-14(25-2)9-7-13/h3-9H,10-11H2,1-2H3,(H,21,24). The SMILES string of the molecule is COc1ccc(Cc2nnc(SCC(=O)Nc3cccc(F)c3C)o2)cc1. The van der Waals surface area contributed by atoms with Crippen LogP contribution in [0.15, 0.2) is 52.1 Å². The molecule has 0 aliphatic heterocycles. The maximum Gasteiger partial charge on any atom is 0.277 e. The fraction of sp³-hybridized carbons (Fsp3) is 0.211. The minimum Gasteiger partial charge on any atom is -0.497 e. The van der Waals surface area contributed by atoms with Crippen LogP contribution < -0.4 is 10.1 Å². The van der Waals surface area contributed by atoms with Gasteiger partial charge in [-0.25, -0.2) is 4.39 Å². The van der Waals surface area contributed by atoms with E-state index in [1.807, 2.05) is 24.3 Å². The number of nitrogens with one attached hydrogen (secondary N) is 1. The molecule has 3 aromatic rings. The quantitative estimate of drug-likeness (QED) is 0.621. The number of halogens is 1. The van der Waals surface area contributed by atoms with Crippen LogP contribution in [0.4, 0.5) is 10.1 Å². The summed E-state index contributed by atoms with van der Waals surface area (Å²) in [6, 6.07) is 12.1. The van der Waals surface area contributed by atoms with Gasteiger partial charge in [-0.1, -0.05) is 30.0 Å². The van der Waals surface area contributed by atoms with Crippen LogP contribution in [0.2, 0.25) is 0 Å². The summed E-state index contributed by atoms with van der Waals surface area (Å²) in [5.41, 5.74) is 1.86. The lowest BCUT2D eigenvalue weighted by Crippen LogP contribution is -2.15. The average Bonchev–Trinajstić information content (AvgIpc) is 3.12. The number of methoxy groups -OCH3 is 1. The number of amides is 1. The zero-order valence-corrected chi connectivity index (χ0v) is 15.7. The maximum absolute atomic E-state index is 13.5. The van der Waals surface area contributed by atoms with Crippen molar-refractivity contribution in [2.75, 3.05) is 18.2 Å². The molecule has 27 heavy (non-hydrogen) atoms. The molecule has 0 bridgehead atoms. The van der Waals surface area contributed by atoms with Crippen molar-refractivity contribution < 1.29 is 18.3 Å². The van der Waals surface area contributed by atoms with Crippen LogP contribution >= 0.6 is 11.8 Å². The summed E-state index contributed by atoms with van der Waals surface area (Å²) in [5.74, 6) is 0.688. The Hall–Kier alpha value is -2.87. The molecule has 0 aliphatic rings. The van der Waals surface area contributed by atoms with E-state index in [1.165, 1.54) is 6.07 Å². The maximum atomic E-state index is 13.5. The number of ether oxygens (including phenoxy) is 1. The molecular formula is C19H18FN3O3S. The second kappa shape index (κ2) is 8.68. The molecule has 0 saturated carbocycles. The number of benzene rings is 2. The van der Waals surface area contributed by atoms with Crippen LogP contribution in [0.3, 0.4) is 0 Å². The van der Waals surface area contributed by atoms with Gasteiger partial charge >= 0.3 is 0 Å². The molecule has 0 radical (unpaired) electrons. The molecule has 0 atom stereocenters. The molecule has 0 unspecified atom stereocenters. The first kappa shape index (κ1) is 18.9. The fourth-order valence-electron chi connectivity index (χ4n) is 2.34. The summed E-state index contributed by atoms with van der Waals surface area (Å²) in [7, 11) is 1.61. The molecule has 0 aliphatic carbocycles. The second-order valence-electron chi connectivity index (χ2n) is 5.74. The van der Waals surface area contributed by atoms with Gasteiger partial charge in [-0.3, -0.25) is 4.79 Å². The Bertz CT molecular complexity index is 928. The topological polar surface area (TPSA) is 77.2 Å². The van der Waals surface area contributed by atoms with E-state index in [9.17, 15) is 9.18 Å². The summed E-state index contributed by atoms with van der Waals surface area (Å²) in [6.07, 6.45) is 0.492. The summed E-state index contributed by atoms with van der Waals surface area (Å²) in [5, 5.41) is 10.9. The lowest BCUT2D eigenvalue weighted by Gasteiger charge is -2.07. The van der Waals surface area contributed by atoms with Crippen LogP contribution in [0.25, 0.3) is 0 Å². The largest absolute Gasteiger partial charge is 0.497 e. The third kappa shape index (κ3) is 5.07. The monoisotopic (exact) mass is 387 g/mol. The number of carbonyl (C=O) groups excluding carboxylic acids is 1. The number of hydrogen-bond donors (Lipinski definition) is 1. The number of hydrogen-bond acceptors (Lipinski definition) is 6. The zero-order valence-electron chi connectivity index (χ0n) is 14.9. The molecule has 8 heteroatoms. The van der Waals surface area contributed by atoms with E-state index in [0.29, 0.717) is 28.8 Å². The van der Waals surface area contributed by atoms with Crippen molar-refractivity contribution in [2.45, 2.75) is 18.6 Å².